The van der Waals surface area contributed by atoms with Gasteiger partial charge in [0.25, 0.3) is 10.0 Å². The minimum Gasteiger partial charge on any atom is -0.406 e. The molecule has 1 atom stereocenters. The Bertz CT molecular complexity index is 1590. The minimum absolute atomic E-state index is 0.0113. The van der Waals surface area contributed by atoms with Crippen LogP contribution >= 0.6 is 11.6 Å². The van der Waals surface area contributed by atoms with Gasteiger partial charge in [-0.25, -0.2) is 8.42 Å². The van der Waals surface area contributed by atoms with Crippen molar-refractivity contribution < 1.29 is 39.5 Å². The highest BCUT2D eigenvalue weighted by atomic mass is 35.5. The van der Waals surface area contributed by atoms with Gasteiger partial charge in [0.15, 0.2) is 0 Å². The molecule has 41 heavy (non-hydrogen) atoms. The molecule has 2 aliphatic rings. The van der Waals surface area contributed by atoms with Crippen LogP contribution in [0.25, 0.3) is 12.2 Å². The molecule has 14 heteroatoms. The van der Waals surface area contributed by atoms with Gasteiger partial charge in [-0.2, -0.15) is 13.2 Å². The van der Waals surface area contributed by atoms with Gasteiger partial charge in [-0.15, -0.1) is 13.2 Å². The number of sulfonamides is 1. The van der Waals surface area contributed by atoms with Gasteiger partial charge < -0.3 is 15.0 Å². The molecule has 0 aromatic heterocycles. The molecular formula is C27H22ClF6N3O3S. The highest BCUT2D eigenvalue weighted by Crippen LogP contribution is 2.41. The number of piperazine rings is 1. The van der Waals surface area contributed by atoms with E-state index in [2.05, 4.69) is 10.1 Å². The Kier molecular flexibility index (Phi) is 7.64. The summed E-state index contributed by atoms with van der Waals surface area (Å²) >= 11 is 6.07. The number of anilines is 2. The van der Waals surface area contributed by atoms with E-state index in [-0.39, 0.29) is 28.9 Å². The number of hydrogen-bond acceptors (Lipinski definition) is 5. The van der Waals surface area contributed by atoms with Crippen molar-refractivity contribution in [3.63, 3.8) is 0 Å². The van der Waals surface area contributed by atoms with Gasteiger partial charge in [-0.3, -0.25) is 4.31 Å². The second kappa shape index (κ2) is 10.8. The van der Waals surface area contributed by atoms with Crippen molar-refractivity contribution in [3.05, 3.63) is 82.4 Å². The summed E-state index contributed by atoms with van der Waals surface area (Å²) in [6.45, 7) is 1.68. The SMILES string of the molecule is O=S(=O)(c1cccc(OC(F)(F)F)c1)N1C[C@@H]2CNCCN2c2ccc(/C=C/c3c(Cl)cccc3C(F)(F)F)cc21. The Labute approximate surface area is 236 Å². The Morgan fingerprint density at radius 2 is 1.71 bits per heavy atom. The standard InChI is InChI=1S/C27H22ClF6N3O3S/c28-23-6-2-5-22(26(29,30)31)21(23)9-7-17-8-10-24-25(13-17)37(16-18-15-35-11-12-36(18)24)41(38,39)20-4-1-3-19(14-20)40-27(32,33)34/h1-10,13-14,18,35H,11-12,15-16H2/b9-7+/t18-/m0/s1. The van der Waals surface area contributed by atoms with Crippen molar-refractivity contribution in [3.8, 4) is 5.75 Å². The second-order valence-electron chi connectivity index (χ2n) is 9.39. The number of nitrogens with one attached hydrogen (secondary N) is 1. The summed E-state index contributed by atoms with van der Waals surface area (Å²) in [4.78, 5) is 1.62. The first kappa shape index (κ1) is 29.1. The van der Waals surface area contributed by atoms with Gasteiger partial charge in [0.2, 0.25) is 0 Å². The average molecular weight is 618 g/mol. The molecule has 5 rings (SSSR count). The van der Waals surface area contributed by atoms with Gasteiger partial charge in [-0.1, -0.05) is 42.0 Å². The maximum atomic E-state index is 13.8. The fourth-order valence-corrected chi connectivity index (χ4v) is 6.72. The Morgan fingerprint density at radius 3 is 2.44 bits per heavy atom. The lowest BCUT2D eigenvalue weighted by Gasteiger charge is -2.46. The lowest BCUT2D eigenvalue weighted by Crippen LogP contribution is -2.59. The number of benzene rings is 3. The molecular weight excluding hydrogens is 596 g/mol. The molecule has 0 amide bonds. The maximum Gasteiger partial charge on any atom is 0.573 e. The first-order valence-corrected chi connectivity index (χ1v) is 14.1. The van der Waals surface area contributed by atoms with Crippen molar-refractivity contribution in [2.24, 2.45) is 0 Å². The van der Waals surface area contributed by atoms with E-state index in [0.29, 0.717) is 30.9 Å². The molecule has 3 aromatic carbocycles. The molecule has 0 saturated carbocycles. The molecule has 0 unspecified atom stereocenters. The number of nitrogens with zero attached hydrogens (tertiary/aromatic N) is 2. The lowest BCUT2D eigenvalue weighted by molar-refractivity contribution is -0.274. The summed E-state index contributed by atoms with van der Waals surface area (Å²) in [5.74, 6) is -0.686. The van der Waals surface area contributed by atoms with Crippen molar-refractivity contribution >= 4 is 45.2 Å². The fraction of sp³-hybridized carbons (Fsp3) is 0.259. The Balaban J connectivity index is 1.57. The average Bonchev–Trinajstić information content (AvgIpc) is 2.90. The fourth-order valence-electron chi connectivity index (χ4n) is 4.94. The number of alkyl halides is 6. The molecule has 2 aliphatic heterocycles. The highest BCUT2D eigenvalue weighted by molar-refractivity contribution is 7.92. The molecule has 1 saturated heterocycles. The summed E-state index contributed by atoms with van der Waals surface area (Å²) in [5.41, 5.74) is 0.0304. The highest BCUT2D eigenvalue weighted by Gasteiger charge is 2.39. The van der Waals surface area contributed by atoms with Crippen LogP contribution in [0.3, 0.4) is 0 Å². The molecule has 6 nitrogen and oxygen atoms in total. The predicted octanol–water partition coefficient (Wildman–Crippen LogP) is 6.41. The molecule has 1 N–H and O–H groups in total. The van der Waals surface area contributed by atoms with Crippen molar-refractivity contribution in [1.29, 1.82) is 0 Å². The van der Waals surface area contributed by atoms with E-state index in [1.54, 1.807) is 12.1 Å². The van der Waals surface area contributed by atoms with Crippen LogP contribution < -0.4 is 19.3 Å². The van der Waals surface area contributed by atoms with Crippen LogP contribution in [0.5, 0.6) is 5.75 Å². The number of halogens is 7. The molecule has 2 heterocycles. The van der Waals surface area contributed by atoms with E-state index in [4.69, 9.17) is 11.6 Å². The molecule has 218 valence electrons. The summed E-state index contributed by atoms with van der Waals surface area (Å²) in [7, 11) is -4.38. The molecule has 1 fully saturated rings. The van der Waals surface area contributed by atoms with E-state index in [1.807, 2.05) is 4.90 Å². The second-order valence-corrected chi connectivity index (χ2v) is 11.7. The lowest BCUT2D eigenvalue weighted by atomic mass is 10.0. The van der Waals surface area contributed by atoms with Crippen LogP contribution in [0, 0.1) is 0 Å². The van der Waals surface area contributed by atoms with Crippen LogP contribution in [-0.4, -0.2) is 47.0 Å². The normalized spacial score (nSPS) is 17.9. The van der Waals surface area contributed by atoms with Crippen LogP contribution in [0.15, 0.2) is 65.6 Å². The van der Waals surface area contributed by atoms with Crippen LogP contribution in [0.4, 0.5) is 37.7 Å². The first-order chi connectivity index (χ1) is 19.2. The number of rotatable bonds is 5. The monoisotopic (exact) mass is 617 g/mol. The Morgan fingerprint density at radius 1 is 0.951 bits per heavy atom. The number of ether oxygens (including phenoxy) is 1. The minimum atomic E-state index is -5.01. The van der Waals surface area contributed by atoms with Gasteiger partial charge in [0.05, 0.1) is 34.4 Å². The molecule has 0 radical (unpaired) electrons. The quantitative estimate of drug-likeness (QED) is 0.265. The third kappa shape index (κ3) is 6.11. The largest absolute Gasteiger partial charge is 0.573 e. The van der Waals surface area contributed by atoms with Crippen molar-refractivity contribution in [1.82, 2.24) is 5.32 Å². The number of fused-ring (bicyclic) bond motifs is 3. The first-order valence-electron chi connectivity index (χ1n) is 12.3. The van der Waals surface area contributed by atoms with Crippen LogP contribution in [0.1, 0.15) is 16.7 Å². The summed E-state index contributed by atoms with van der Waals surface area (Å²) in [6.07, 6.45) is -7.06. The van der Waals surface area contributed by atoms with Crippen molar-refractivity contribution in [2.45, 2.75) is 23.5 Å². The van der Waals surface area contributed by atoms with E-state index < -0.39 is 38.8 Å². The van der Waals surface area contributed by atoms with Gasteiger partial charge in [-0.05, 0) is 42.0 Å². The Hall–Kier alpha value is -3.42. The molecule has 3 aromatic rings. The van der Waals surface area contributed by atoms with Gasteiger partial charge >= 0.3 is 12.5 Å². The zero-order chi connectivity index (χ0) is 29.6. The zero-order valence-corrected chi connectivity index (χ0v) is 22.6. The zero-order valence-electron chi connectivity index (χ0n) is 21.0. The van der Waals surface area contributed by atoms with E-state index in [9.17, 15) is 34.8 Å². The third-order valence-electron chi connectivity index (χ3n) is 6.73. The summed E-state index contributed by atoms with van der Waals surface area (Å²) < 4.78 is 112. The van der Waals surface area contributed by atoms with E-state index in [1.165, 1.54) is 36.4 Å². The maximum absolute atomic E-state index is 13.8. The topological polar surface area (TPSA) is 61.9 Å². The van der Waals surface area contributed by atoms with Crippen LogP contribution in [-0.2, 0) is 16.2 Å². The van der Waals surface area contributed by atoms with Crippen molar-refractivity contribution in [2.75, 3.05) is 35.4 Å². The number of hydrogen-bond donors (Lipinski definition) is 1. The predicted molar refractivity (Wildman–Crippen MR) is 143 cm³/mol. The van der Waals surface area contributed by atoms with Gasteiger partial charge in [0, 0.05) is 36.3 Å². The molecule has 0 aliphatic carbocycles. The summed E-state index contributed by atoms with van der Waals surface area (Å²) in [5, 5.41) is 3.10. The van der Waals surface area contributed by atoms with Gasteiger partial charge in [0.1, 0.15) is 5.75 Å². The third-order valence-corrected chi connectivity index (χ3v) is 8.84. The van der Waals surface area contributed by atoms with E-state index in [0.717, 1.165) is 28.6 Å². The van der Waals surface area contributed by atoms with E-state index >= 15 is 0 Å². The van der Waals surface area contributed by atoms with Crippen LogP contribution in [0.2, 0.25) is 5.02 Å². The summed E-state index contributed by atoms with van der Waals surface area (Å²) in [6, 6.07) is 12.1. The smallest absolute Gasteiger partial charge is 0.406 e. The molecule has 0 bridgehead atoms. The molecule has 0 spiro atoms.